The van der Waals surface area contributed by atoms with Gasteiger partial charge in [0.1, 0.15) is 11.3 Å². The lowest BCUT2D eigenvalue weighted by molar-refractivity contribution is 0.0590. The number of aromatic nitrogens is 1. The fourth-order valence-corrected chi connectivity index (χ4v) is 4.77. The Morgan fingerprint density at radius 3 is 2.61 bits per heavy atom. The van der Waals surface area contributed by atoms with E-state index in [0.29, 0.717) is 24.3 Å². The van der Waals surface area contributed by atoms with E-state index in [0.717, 1.165) is 63.9 Å². The molecule has 0 atom stereocenters. The zero-order chi connectivity index (χ0) is 21.6. The van der Waals surface area contributed by atoms with Crippen LogP contribution < -0.4 is 10.3 Å². The van der Waals surface area contributed by atoms with E-state index in [-0.39, 0.29) is 11.7 Å². The second-order valence-electron chi connectivity index (χ2n) is 8.52. The third-order valence-electron chi connectivity index (χ3n) is 6.45. The zero-order valence-electron chi connectivity index (χ0n) is 18.3. The molecule has 31 heavy (non-hydrogen) atoms. The van der Waals surface area contributed by atoms with E-state index in [1.807, 2.05) is 6.07 Å². The first-order valence-corrected chi connectivity index (χ1v) is 11.4. The van der Waals surface area contributed by atoms with Crippen molar-refractivity contribution in [2.75, 3.05) is 26.7 Å². The molecule has 166 valence electrons. The van der Waals surface area contributed by atoms with E-state index in [1.165, 1.54) is 18.7 Å². The number of aryl methyl sites for hydroxylation is 1. The number of rotatable bonds is 7. The van der Waals surface area contributed by atoms with Gasteiger partial charge in [-0.25, -0.2) is 4.79 Å². The Hall–Kier alpha value is -2.60. The Balaban J connectivity index is 1.50. The number of nitrogens with zero attached hydrogens (tertiary/aromatic N) is 2. The molecule has 0 amide bonds. The SMILES string of the molecule is COC(=O)c1c(OC2CCCC2)cc(=O)n2c1CCN(CCCc1ccccc1)CC2. The minimum Gasteiger partial charge on any atom is -0.489 e. The summed E-state index contributed by atoms with van der Waals surface area (Å²) in [6, 6.07) is 12.0. The van der Waals surface area contributed by atoms with Crippen LogP contribution in [-0.2, 0) is 24.1 Å². The standard InChI is InChI=1S/C25H32N2O4/c1-30-25(29)24-21-13-15-26(14-7-10-19-8-3-2-4-9-19)16-17-27(21)23(28)18-22(24)31-20-11-5-6-12-20/h2-4,8-9,18,20H,5-7,10-17H2,1H3. The van der Waals surface area contributed by atoms with Crippen molar-refractivity contribution in [3.63, 3.8) is 0 Å². The van der Waals surface area contributed by atoms with Crippen LogP contribution in [0.1, 0.15) is 53.7 Å². The van der Waals surface area contributed by atoms with E-state index in [1.54, 1.807) is 4.57 Å². The summed E-state index contributed by atoms with van der Waals surface area (Å²) < 4.78 is 13.0. The highest BCUT2D eigenvalue weighted by molar-refractivity contribution is 5.93. The number of methoxy groups -OCH3 is 1. The summed E-state index contributed by atoms with van der Waals surface area (Å²) in [4.78, 5) is 28.0. The smallest absolute Gasteiger partial charge is 0.343 e. The monoisotopic (exact) mass is 424 g/mol. The maximum Gasteiger partial charge on any atom is 0.343 e. The van der Waals surface area contributed by atoms with Gasteiger partial charge in [0.2, 0.25) is 0 Å². The van der Waals surface area contributed by atoms with Gasteiger partial charge >= 0.3 is 5.97 Å². The van der Waals surface area contributed by atoms with Crippen LogP contribution in [0.3, 0.4) is 0 Å². The molecule has 1 fully saturated rings. The number of hydrogen-bond donors (Lipinski definition) is 0. The lowest BCUT2D eigenvalue weighted by atomic mass is 10.1. The number of benzene rings is 1. The molecule has 2 aliphatic rings. The summed E-state index contributed by atoms with van der Waals surface area (Å²) in [6.45, 7) is 3.15. The van der Waals surface area contributed by atoms with Crippen LogP contribution >= 0.6 is 0 Å². The Kier molecular flexibility index (Phi) is 7.07. The van der Waals surface area contributed by atoms with Crippen molar-refractivity contribution < 1.29 is 14.3 Å². The summed E-state index contributed by atoms with van der Waals surface area (Å²) in [6.07, 6.45) is 6.99. The van der Waals surface area contributed by atoms with Gasteiger partial charge in [0.25, 0.3) is 5.56 Å². The predicted octanol–water partition coefficient (Wildman–Crippen LogP) is 3.45. The maximum atomic E-state index is 12.9. The van der Waals surface area contributed by atoms with Gasteiger partial charge in [0, 0.05) is 37.8 Å². The molecule has 0 radical (unpaired) electrons. The van der Waals surface area contributed by atoms with Crippen LogP contribution in [0.5, 0.6) is 5.75 Å². The van der Waals surface area contributed by atoms with Gasteiger partial charge in [-0.15, -0.1) is 0 Å². The van der Waals surface area contributed by atoms with Crippen molar-refractivity contribution in [1.29, 1.82) is 0 Å². The normalized spacial score (nSPS) is 17.2. The molecule has 6 heteroatoms. The van der Waals surface area contributed by atoms with E-state index in [9.17, 15) is 9.59 Å². The van der Waals surface area contributed by atoms with Gasteiger partial charge in [-0.2, -0.15) is 0 Å². The van der Waals surface area contributed by atoms with Gasteiger partial charge in [0.05, 0.1) is 13.2 Å². The van der Waals surface area contributed by atoms with E-state index < -0.39 is 5.97 Å². The second kappa shape index (κ2) is 10.1. The van der Waals surface area contributed by atoms with Crippen LogP contribution in [0.25, 0.3) is 0 Å². The number of esters is 1. The minimum absolute atomic E-state index is 0.0751. The van der Waals surface area contributed by atoms with Crippen LogP contribution in [0.2, 0.25) is 0 Å². The Morgan fingerprint density at radius 2 is 1.87 bits per heavy atom. The number of ether oxygens (including phenoxy) is 2. The molecule has 6 nitrogen and oxygen atoms in total. The number of carbonyl (C=O) groups excluding carboxylic acids is 1. The summed E-state index contributed by atoms with van der Waals surface area (Å²) in [5, 5.41) is 0. The topological polar surface area (TPSA) is 60.8 Å². The fraction of sp³-hybridized carbons (Fsp3) is 0.520. The van der Waals surface area contributed by atoms with Crippen LogP contribution in [0, 0.1) is 0 Å². The fourth-order valence-electron chi connectivity index (χ4n) is 4.77. The van der Waals surface area contributed by atoms with Crippen molar-refractivity contribution >= 4 is 5.97 Å². The molecule has 0 N–H and O–H groups in total. The van der Waals surface area contributed by atoms with Crippen molar-refractivity contribution in [3.05, 3.63) is 63.6 Å². The van der Waals surface area contributed by atoms with Crippen LogP contribution in [-0.4, -0.2) is 48.3 Å². The van der Waals surface area contributed by atoms with E-state index >= 15 is 0 Å². The highest BCUT2D eigenvalue weighted by atomic mass is 16.5. The minimum atomic E-state index is -0.422. The largest absolute Gasteiger partial charge is 0.489 e. The average molecular weight is 425 g/mol. The van der Waals surface area contributed by atoms with Gasteiger partial charge < -0.3 is 18.9 Å². The van der Waals surface area contributed by atoms with Gasteiger partial charge in [-0.1, -0.05) is 30.3 Å². The average Bonchev–Trinajstić information content (AvgIpc) is 3.20. The van der Waals surface area contributed by atoms with E-state index in [2.05, 4.69) is 29.2 Å². The molecular formula is C25H32N2O4. The van der Waals surface area contributed by atoms with Gasteiger partial charge in [0.15, 0.2) is 0 Å². The van der Waals surface area contributed by atoms with Crippen LogP contribution in [0.4, 0.5) is 0 Å². The number of pyridine rings is 1. The molecule has 0 saturated heterocycles. The summed E-state index contributed by atoms with van der Waals surface area (Å²) in [5.74, 6) is -0.0261. The Labute approximate surface area is 183 Å². The Bertz CT molecular complexity index is 948. The third-order valence-corrected chi connectivity index (χ3v) is 6.45. The maximum absolute atomic E-state index is 12.9. The second-order valence-corrected chi connectivity index (χ2v) is 8.52. The molecule has 1 saturated carbocycles. The van der Waals surface area contributed by atoms with Crippen molar-refractivity contribution in [1.82, 2.24) is 9.47 Å². The zero-order valence-corrected chi connectivity index (χ0v) is 18.3. The quantitative estimate of drug-likeness (QED) is 0.637. The molecule has 1 aromatic carbocycles. The molecule has 1 aliphatic carbocycles. The highest BCUT2D eigenvalue weighted by Gasteiger charge is 2.28. The summed E-state index contributed by atoms with van der Waals surface area (Å²) in [5.41, 5.74) is 2.43. The van der Waals surface area contributed by atoms with Gasteiger partial charge in [-0.05, 0) is 50.6 Å². The first-order valence-electron chi connectivity index (χ1n) is 11.4. The number of fused-ring (bicyclic) bond motifs is 1. The molecule has 0 spiro atoms. The molecule has 1 aliphatic heterocycles. The van der Waals surface area contributed by atoms with Crippen molar-refractivity contribution in [3.8, 4) is 5.75 Å². The van der Waals surface area contributed by atoms with Crippen LogP contribution in [0.15, 0.2) is 41.2 Å². The van der Waals surface area contributed by atoms with E-state index in [4.69, 9.17) is 9.47 Å². The molecule has 0 bridgehead atoms. The molecule has 4 rings (SSSR count). The summed E-state index contributed by atoms with van der Waals surface area (Å²) in [7, 11) is 1.39. The number of hydrogen-bond acceptors (Lipinski definition) is 5. The van der Waals surface area contributed by atoms with Crippen molar-refractivity contribution in [2.24, 2.45) is 0 Å². The Morgan fingerprint density at radius 1 is 1.10 bits per heavy atom. The molecule has 2 heterocycles. The van der Waals surface area contributed by atoms with Gasteiger partial charge in [-0.3, -0.25) is 4.79 Å². The van der Waals surface area contributed by atoms with Crippen molar-refractivity contribution in [2.45, 2.75) is 57.6 Å². The first kappa shape index (κ1) is 21.6. The molecule has 0 unspecified atom stereocenters. The molecule has 2 aromatic rings. The predicted molar refractivity (Wildman–Crippen MR) is 120 cm³/mol. The third kappa shape index (κ3) is 5.18. The lowest BCUT2D eigenvalue weighted by Crippen LogP contribution is -2.30. The summed E-state index contributed by atoms with van der Waals surface area (Å²) >= 11 is 0. The molecular weight excluding hydrogens is 392 g/mol. The number of carbonyl (C=O) groups is 1. The highest BCUT2D eigenvalue weighted by Crippen LogP contribution is 2.29. The first-order chi connectivity index (χ1) is 15.2. The lowest BCUT2D eigenvalue weighted by Gasteiger charge is -2.20. The molecule has 1 aromatic heterocycles.